The summed E-state index contributed by atoms with van der Waals surface area (Å²) in [5.74, 6) is 1.31. The third kappa shape index (κ3) is 11.4. The number of nitrogens with one attached hydrogen (secondary N) is 4. The maximum Gasteiger partial charge on any atom is 0.315 e. The number of aryl methyl sites for hydroxylation is 1. The molecular weight excluding hydrogens is 490 g/mol. The van der Waals surface area contributed by atoms with Gasteiger partial charge in [-0.15, -0.1) is 11.6 Å². The molecule has 0 saturated carbocycles. The van der Waals surface area contributed by atoms with Gasteiger partial charge >= 0.3 is 6.03 Å². The number of benzene rings is 1. The zero-order valence-electron chi connectivity index (χ0n) is 20.6. The molecular formula is C23H38ClN7O3S. The lowest BCUT2D eigenvalue weighted by Crippen LogP contribution is -2.36. The van der Waals surface area contributed by atoms with E-state index in [1.165, 1.54) is 0 Å². The molecule has 1 aromatic heterocycles. The van der Waals surface area contributed by atoms with Crippen LogP contribution in [0.4, 0.5) is 4.79 Å². The van der Waals surface area contributed by atoms with Crippen molar-refractivity contribution in [2.45, 2.75) is 52.1 Å². The maximum atomic E-state index is 12.9. The minimum absolute atomic E-state index is 0.0381. The van der Waals surface area contributed by atoms with Gasteiger partial charge in [-0.25, -0.2) is 22.9 Å². The zero-order valence-corrected chi connectivity index (χ0v) is 22.2. The number of halogens is 1. The second-order valence-electron chi connectivity index (χ2n) is 8.18. The van der Waals surface area contributed by atoms with E-state index >= 15 is 0 Å². The van der Waals surface area contributed by atoms with Crippen molar-refractivity contribution < 1.29 is 13.2 Å². The highest BCUT2D eigenvalue weighted by Crippen LogP contribution is 2.18. The molecule has 0 bridgehead atoms. The highest BCUT2D eigenvalue weighted by atomic mass is 35.5. The van der Waals surface area contributed by atoms with Crippen LogP contribution in [0.1, 0.15) is 56.4 Å². The first-order valence-corrected chi connectivity index (χ1v) is 14.3. The summed E-state index contributed by atoms with van der Waals surface area (Å²) < 4.78 is 28.5. The average Bonchev–Trinajstić information content (AvgIpc) is 3.33. The number of aromatic amines is 1. The van der Waals surface area contributed by atoms with Crippen molar-refractivity contribution in [2.75, 3.05) is 37.8 Å². The molecule has 0 fully saturated rings. The average molecular weight is 528 g/mol. The molecule has 12 heteroatoms. The van der Waals surface area contributed by atoms with Gasteiger partial charge < -0.3 is 15.5 Å². The molecule has 1 atom stereocenters. The molecule has 0 aliphatic heterocycles. The first kappa shape index (κ1) is 29.0. The van der Waals surface area contributed by atoms with Crippen LogP contribution in [0.5, 0.6) is 0 Å². The van der Waals surface area contributed by atoms with E-state index in [-0.39, 0.29) is 18.3 Å². The fourth-order valence-electron chi connectivity index (χ4n) is 3.54. The minimum Gasteiger partial charge on any atom is -0.338 e. The van der Waals surface area contributed by atoms with Gasteiger partial charge in [0, 0.05) is 12.4 Å². The van der Waals surface area contributed by atoms with Gasteiger partial charge in [0.2, 0.25) is 10.0 Å². The number of hydrogen-bond acceptors (Lipinski definition) is 6. The van der Waals surface area contributed by atoms with Crippen molar-refractivity contribution in [3.8, 4) is 0 Å². The van der Waals surface area contributed by atoms with Crippen molar-refractivity contribution in [2.24, 2.45) is 0 Å². The van der Waals surface area contributed by atoms with Gasteiger partial charge in [-0.05, 0) is 50.9 Å². The quantitative estimate of drug-likeness (QED) is 0.185. The van der Waals surface area contributed by atoms with Gasteiger partial charge in [0.05, 0.1) is 18.3 Å². The van der Waals surface area contributed by atoms with Crippen molar-refractivity contribution in [3.05, 3.63) is 47.5 Å². The van der Waals surface area contributed by atoms with E-state index in [9.17, 15) is 13.2 Å². The van der Waals surface area contributed by atoms with Crippen LogP contribution in [-0.4, -0.2) is 72.3 Å². The number of carbonyl (C=O) groups excluding carboxylic acids is 1. The number of carbonyl (C=O) groups is 1. The van der Waals surface area contributed by atoms with E-state index in [2.05, 4.69) is 49.3 Å². The molecule has 0 aliphatic carbocycles. The van der Waals surface area contributed by atoms with E-state index in [1.54, 1.807) is 0 Å². The van der Waals surface area contributed by atoms with Crippen molar-refractivity contribution in [1.29, 1.82) is 0 Å². The van der Waals surface area contributed by atoms with E-state index < -0.39 is 16.1 Å². The Balaban J connectivity index is 2.02. The van der Waals surface area contributed by atoms with Gasteiger partial charge in [0.25, 0.3) is 0 Å². The molecule has 2 aromatic rings. The van der Waals surface area contributed by atoms with E-state index in [0.29, 0.717) is 49.8 Å². The lowest BCUT2D eigenvalue weighted by atomic mass is 10.1. The molecule has 0 radical (unpaired) electrons. The first-order valence-electron chi connectivity index (χ1n) is 12.1. The number of aromatic nitrogens is 3. The normalized spacial score (nSPS) is 12.6. The second kappa shape index (κ2) is 15.7. The van der Waals surface area contributed by atoms with Crippen LogP contribution >= 0.6 is 11.6 Å². The summed E-state index contributed by atoms with van der Waals surface area (Å²) in [6.07, 6.45) is 2.41. The van der Waals surface area contributed by atoms with Gasteiger partial charge in [-0.2, -0.15) is 5.10 Å². The fourth-order valence-corrected chi connectivity index (χ4v) is 4.96. The summed E-state index contributed by atoms with van der Waals surface area (Å²) in [5, 5.41) is 12.4. The Bertz CT molecular complexity index is 969. The van der Waals surface area contributed by atoms with Crippen LogP contribution in [-0.2, 0) is 23.0 Å². The van der Waals surface area contributed by atoms with Crippen molar-refractivity contribution in [1.82, 2.24) is 35.4 Å². The molecule has 2 rings (SSSR count). The van der Waals surface area contributed by atoms with Crippen LogP contribution < -0.4 is 15.4 Å². The molecule has 196 valence electrons. The van der Waals surface area contributed by atoms with Gasteiger partial charge in [-0.1, -0.05) is 44.2 Å². The summed E-state index contributed by atoms with van der Waals surface area (Å²) in [7, 11) is -3.53. The predicted molar refractivity (Wildman–Crippen MR) is 139 cm³/mol. The third-order valence-corrected chi connectivity index (χ3v) is 7.29. The Morgan fingerprint density at radius 1 is 1.14 bits per heavy atom. The second-order valence-corrected chi connectivity index (χ2v) is 10.4. The Labute approximate surface area is 213 Å². The number of urea groups is 1. The van der Waals surface area contributed by atoms with Crippen LogP contribution in [0.2, 0.25) is 0 Å². The highest BCUT2D eigenvalue weighted by Gasteiger charge is 2.23. The summed E-state index contributed by atoms with van der Waals surface area (Å²) in [5.41, 5.74) is 1.10. The maximum absolute atomic E-state index is 12.9. The van der Waals surface area contributed by atoms with Crippen LogP contribution in [0, 0.1) is 0 Å². The van der Waals surface area contributed by atoms with Gasteiger partial charge in [0.15, 0.2) is 5.82 Å². The van der Waals surface area contributed by atoms with Crippen LogP contribution in [0.3, 0.4) is 0 Å². The monoisotopic (exact) mass is 527 g/mol. The molecule has 0 spiro atoms. The Kier molecular flexibility index (Phi) is 13.0. The largest absolute Gasteiger partial charge is 0.338 e. The molecule has 2 amide bonds. The lowest BCUT2D eigenvalue weighted by Gasteiger charge is -2.19. The highest BCUT2D eigenvalue weighted by molar-refractivity contribution is 7.89. The third-order valence-electron chi connectivity index (χ3n) is 5.55. The number of amides is 2. The van der Waals surface area contributed by atoms with Gasteiger partial charge in [0.1, 0.15) is 5.82 Å². The first-order chi connectivity index (χ1) is 16.9. The smallest absolute Gasteiger partial charge is 0.315 e. The van der Waals surface area contributed by atoms with Crippen LogP contribution in [0.25, 0.3) is 0 Å². The van der Waals surface area contributed by atoms with Crippen molar-refractivity contribution in [3.63, 3.8) is 0 Å². The van der Waals surface area contributed by atoms with E-state index in [0.717, 1.165) is 25.2 Å². The number of hydrogen-bond donors (Lipinski definition) is 4. The molecule has 1 heterocycles. The molecule has 4 N–H and O–H groups in total. The predicted octanol–water partition coefficient (Wildman–Crippen LogP) is 2.56. The SMILES string of the molecule is CCN(CC)CCCS(=O)(=O)N[C@H](CCc1ccccc1)c1nc(CNC(=O)NCCCCl)n[nH]1. The number of H-pyrrole nitrogens is 1. The van der Waals surface area contributed by atoms with E-state index in [1.807, 2.05) is 30.3 Å². The van der Waals surface area contributed by atoms with Gasteiger partial charge in [-0.3, -0.25) is 5.10 Å². The van der Waals surface area contributed by atoms with Crippen molar-refractivity contribution >= 4 is 27.7 Å². The Morgan fingerprint density at radius 3 is 2.57 bits per heavy atom. The zero-order chi connectivity index (χ0) is 25.5. The molecule has 0 saturated heterocycles. The summed E-state index contributed by atoms with van der Waals surface area (Å²) in [4.78, 5) is 18.5. The Hall–Kier alpha value is -2.21. The Morgan fingerprint density at radius 2 is 1.89 bits per heavy atom. The standard InChI is InChI=1S/C23H38ClN7O3S/c1-3-31(4-2)16-9-17-35(33,34)30-20(13-12-19-10-6-5-7-11-19)22-27-21(28-29-22)18-26-23(32)25-15-8-14-24/h5-7,10-11,20,30H,3-4,8-9,12-18H2,1-2H3,(H2,25,26,32)(H,27,28,29)/t20-/m1/s1. The molecule has 1 aromatic carbocycles. The summed E-state index contributed by atoms with van der Waals surface area (Å²) in [6.45, 7) is 7.24. The summed E-state index contributed by atoms with van der Waals surface area (Å²) in [6, 6.07) is 8.98. The summed E-state index contributed by atoms with van der Waals surface area (Å²) >= 11 is 5.61. The number of sulfonamides is 1. The number of rotatable bonds is 17. The molecule has 10 nitrogen and oxygen atoms in total. The van der Waals surface area contributed by atoms with E-state index in [4.69, 9.17) is 11.6 Å². The molecule has 0 aliphatic rings. The fraction of sp³-hybridized carbons (Fsp3) is 0.609. The minimum atomic E-state index is -3.53. The molecule has 35 heavy (non-hydrogen) atoms. The molecule has 0 unspecified atom stereocenters. The lowest BCUT2D eigenvalue weighted by molar-refractivity contribution is 0.240. The number of nitrogens with zero attached hydrogens (tertiary/aromatic N) is 3. The van der Waals surface area contributed by atoms with Crippen LogP contribution in [0.15, 0.2) is 30.3 Å². The number of alkyl halides is 1. The topological polar surface area (TPSA) is 132 Å².